The molecule has 8 rings (SSSR count). The number of carbonyl (C=O) groups is 2. The first kappa shape index (κ1) is 47.4. The number of ketones is 2. The largest absolute Gasteiger partial charge is 0.489 e. The Morgan fingerprint density at radius 2 is 0.908 bits per heavy atom. The van der Waals surface area contributed by atoms with E-state index >= 15 is 0 Å². The van der Waals surface area contributed by atoms with Crippen molar-refractivity contribution in [1.82, 2.24) is 0 Å². The van der Waals surface area contributed by atoms with E-state index in [1.165, 1.54) is 11.4 Å². The predicted molar refractivity (Wildman–Crippen MR) is 270 cm³/mol. The van der Waals surface area contributed by atoms with Crippen molar-refractivity contribution >= 4 is 57.4 Å². The molecule has 9 heteroatoms. The molecule has 0 aromatic heterocycles. The van der Waals surface area contributed by atoms with Crippen molar-refractivity contribution in [3.8, 4) is 0 Å². The van der Waals surface area contributed by atoms with E-state index in [-0.39, 0.29) is 11.6 Å². The second-order valence-electron chi connectivity index (χ2n) is 16.0. The van der Waals surface area contributed by atoms with Crippen LogP contribution in [0.4, 0.5) is 22.7 Å². The topological polar surface area (TPSA) is 76.6 Å². The smallest absolute Gasteiger partial charge is 0.195 e. The van der Waals surface area contributed by atoms with Gasteiger partial charge in [0.25, 0.3) is 0 Å². The lowest BCUT2D eigenvalue weighted by atomic mass is 10.00. The van der Waals surface area contributed by atoms with Gasteiger partial charge in [-0.2, -0.15) is 0 Å². The van der Waals surface area contributed by atoms with Crippen LogP contribution >= 0.6 is 11.6 Å². The van der Waals surface area contributed by atoms with E-state index in [1.54, 1.807) is 36.4 Å². The molecule has 7 aromatic rings. The van der Waals surface area contributed by atoms with E-state index in [4.69, 9.17) is 16.3 Å². The second-order valence-corrected chi connectivity index (χ2v) is 16.5. The van der Waals surface area contributed by atoms with Gasteiger partial charge in [-0.25, -0.2) is 0 Å². The van der Waals surface area contributed by atoms with Crippen molar-refractivity contribution in [2.24, 2.45) is 0 Å². The van der Waals surface area contributed by atoms with Gasteiger partial charge in [-0.1, -0.05) is 109 Å². The van der Waals surface area contributed by atoms with Gasteiger partial charge < -0.3 is 29.4 Å². The van der Waals surface area contributed by atoms with Crippen LogP contribution < -0.4 is 19.6 Å². The molecule has 8 nitrogen and oxygen atoms in total. The van der Waals surface area contributed by atoms with Gasteiger partial charge in [-0.3, -0.25) is 9.59 Å². The molecule has 65 heavy (non-hydrogen) atoms. The molecule has 0 radical (unpaired) electrons. The molecule has 0 fully saturated rings. The van der Waals surface area contributed by atoms with Crippen LogP contribution in [0.3, 0.4) is 0 Å². The van der Waals surface area contributed by atoms with E-state index in [9.17, 15) is 14.7 Å². The van der Waals surface area contributed by atoms with Gasteiger partial charge in [-0.05, 0) is 96.1 Å². The highest BCUT2D eigenvalue weighted by atomic mass is 35.5. The fraction of sp³-hybridized carbons (Fsp3) is 0.179. The SMILES string of the molecule is CN(C)c1ccc(C(=O)C(Cl)c2ccccc2)cc1.CN(C)c1ccc(C(=O)C(O)c2ccccc2)cc1.CN(C)c1ccc(C2=C(c3ccccc3)N(c3ccccc3)CCO2)cc1. The third-order valence-electron chi connectivity index (χ3n) is 10.8. The summed E-state index contributed by atoms with van der Waals surface area (Å²) in [6.07, 6.45) is -1.11. The number of halogens is 1. The minimum Gasteiger partial charge on any atom is -0.489 e. The maximum absolute atomic E-state index is 12.3. The quantitative estimate of drug-likeness (QED) is 0.0961. The number of para-hydroxylation sites is 1. The Morgan fingerprint density at radius 3 is 1.37 bits per heavy atom. The maximum atomic E-state index is 12.3. The number of hydrogen-bond acceptors (Lipinski definition) is 8. The molecule has 0 aliphatic carbocycles. The third-order valence-corrected chi connectivity index (χ3v) is 11.3. The second kappa shape index (κ2) is 23.0. The van der Waals surface area contributed by atoms with Crippen LogP contribution in [0.5, 0.6) is 0 Å². The number of rotatable bonds is 12. The van der Waals surface area contributed by atoms with E-state index in [0.29, 0.717) is 23.3 Å². The Kier molecular flexibility index (Phi) is 16.7. The molecule has 1 N–H and O–H groups in total. The van der Waals surface area contributed by atoms with Gasteiger partial charge in [-0.15, -0.1) is 11.6 Å². The molecule has 0 saturated heterocycles. The van der Waals surface area contributed by atoms with Crippen LogP contribution in [-0.2, 0) is 4.74 Å². The first-order chi connectivity index (χ1) is 31.4. The summed E-state index contributed by atoms with van der Waals surface area (Å²) in [5, 5.41) is 9.43. The number of nitrogens with zero attached hydrogens (tertiary/aromatic N) is 4. The molecule has 2 unspecified atom stereocenters. The lowest BCUT2D eigenvalue weighted by molar-refractivity contribution is 0.0747. The zero-order chi connectivity index (χ0) is 46.3. The van der Waals surface area contributed by atoms with Crippen molar-refractivity contribution in [2.75, 3.05) is 75.0 Å². The molecular formula is C56H57ClN4O4. The number of ether oxygens (including phenoxy) is 1. The van der Waals surface area contributed by atoms with E-state index in [0.717, 1.165) is 46.1 Å². The molecular weight excluding hydrogens is 828 g/mol. The van der Waals surface area contributed by atoms with Crippen molar-refractivity contribution in [3.63, 3.8) is 0 Å². The summed E-state index contributed by atoms with van der Waals surface area (Å²) < 4.78 is 6.21. The minimum absolute atomic E-state index is 0.0711. The van der Waals surface area contributed by atoms with Crippen LogP contribution in [0.25, 0.3) is 11.5 Å². The molecule has 332 valence electrons. The van der Waals surface area contributed by atoms with Crippen molar-refractivity contribution in [3.05, 3.63) is 228 Å². The Morgan fingerprint density at radius 1 is 0.508 bits per heavy atom. The van der Waals surface area contributed by atoms with Crippen LogP contribution in [-0.4, -0.2) is 72.1 Å². The molecule has 0 bridgehead atoms. The maximum Gasteiger partial charge on any atom is 0.195 e. The average Bonchev–Trinajstić information content (AvgIpc) is 3.36. The molecule has 1 aliphatic rings. The molecule has 1 aliphatic heterocycles. The van der Waals surface area contributed by atoms with E-state index in [2.05, 4.69) is 103 Å². The number of benzene rings is 7. The molecule has 7 aromatic carbocycles. The van der Waals surface area contributed by atoms with Crippen molar-refractivity contribution in [1.29, 1.82) is 0 Å². The lowest BCUT2D eigenvalue weighted by Gasteiger charge is -2.34. The van der Waals surface area contributed by atoms with Crippen LogP contribution in [0.2, 0.25) is 0 Å². The van der Waals surface area contributed by atoms with Crippen LogP contribution in [0.15, 0.2) is 194 Å². The van der Waals surface area contributed by atoms with Gasteiger partial charge in [0.05, 0.1) is 12.2 Å². The van der Waals surface area contributed by atoms with E-state index < -0.39 is 11.5 Å². The summed E-state index contributed by atoms with van der Waals surface area (Å²) in [6, 6.07) is 62.6. The van der Waals surface area contributed by atoms with Gasteiger partial charge in [0.15, 0.2) is 17.3 Å². The van der Waals surface area contributed by atoms with Gasteiger partial charge in [0.2, 0.25) is 0 Å². The van der Waals surface area contributed by atoms with Gasteiger partial charge in [0.1, 0.15) is 18.1 Å². The predicted octanol–water partition coefficient (Wildman–Crippen LogP) is 11.7. The Labute approximate surface area is 389 Å². The summed E-state index contributed by atoms with van der Waals surface area (Å²) >= 11 is 6.23. The third kappa shape index (κ3) is 12.5. The minimum atomic E-state index is -1.11. The van der Waals surface area contributed by atoms with Crippen molar-refractivity contribution in [2.45, 2.75) is 11.5 Å². The highest BCUT2D eigenvalue weighted by Gasteiger charge is 2.26. The normalized spacial score (nSPS) is 12.8. The van der Waals surface area contributed by atoms with Gasteiger partial charge >= 0.3 is 0 Å². The fourth-order valence-electron chi connectivity index (χ4n) is 7.13. The Hall–Kier alpha value is -7.13. The summed E-state index contributed by atoms with van der Waals surface area (Å²) in [7, 11) is 11.9. The number of aliphatic hydroxyl groups is 1. The number of Topliss-reactive ketones (excluding diaryl/α,β-unsaturated/α-hetero) is 2. The summed E-state index contributed by atoms with van der Waals surface area (Å²) in [4.78, 5) is 32.9. The summed E-state index contributed by atoms with van der Waals surface area (Å²) in [6.45, 7) is 1.49. The average molecular weight is 886 g/mol. The fourth-order valence-corrected chi connectivity index (χ4v) is 7.41. The standard InChI is InChI=1S/C24H24N2O.C16H16ClNO.C16H17NO2/c1-25(2)21-15-13-20(14-16-21)24-23(19-9-5-3-6-10-19)26(17-18-27-24)22-11-7-4-8-12-22;1-18(2)14-10-8-13(9-11-14)16(19)15(17)12-6-4-3-5-7-12;1-17(2)14-10-8-13(9-11-14)16(19)15(18)12-6-4-3-5-7-12/h3-16H,17-18H2,1-2H3;3-11,15H,1-2H3;3-11,15,18H,1-2H3. The van der Waals surface area contributed by atoms with Gasteiger partial charge in [0, 0.05) is 87.3 Å². The molecule has 1 heterocycles. The number of alkyl halides is 1. The number of aliphatic hydroxyl groups excluding tert-OH is 1. The number of carbonyl (C=O) groups excluding carboxylic acids is 2. The first-order valence-electron chi connectivity index (χ1n) is 21.5. The highest BCUT2D eigenvalue weighted by Crippen LogP contribution is 2.37. The lowest BCUT2D eigenvalue weighted by Crippen LogP contribution is -2.31. The van der Waals surface area contributed by atoms with E-state index in [1.807, 2.05) is 117 Å². The highest BCUT2D eigenvalue weighted by molar-refractivity contribution is 6.33. The molecule has 0 saturated carbocycles. The summed E-state index contributed by atoms with van der Waals surface area (Å²) in [5.74, 6) is 0.580. The molecule has 2 atom stereocenters. The molecule has 0 amide bonds. The summed E-state index contributed by atoms with van der Waals surface area (Å²) in [5.41, 5.74) is 10.4. The Bertz CT molecular complexity index is 2480. The first-order valence-corrected chi connectivity index (χ1v) is 21.9. The molecule has 0 spiro atoms. The number of anilines is 4. The van der Waals surface area contributed by atoms with Crippen LogP contribution in [0, 0.1) is 0 Å². The van der Waals surface area contributed by atoms with Crippen LogP contribution in [0.1, 0.15) is 54.5 Å². The van der Waals surface area contributed by atoms with Crippen molar-refractivity contribution < 1.29 is 19.4 Å². The monoisotopic (exact) mass is 884 g/mol. The zero-order valence-corrected chi connectivity index (χ0v) is 38.6. The zero-order valence-electron chi connectivity index (χ0n) is 37.9. The number of hydrogen-bond donors (Lipinski definition) is 1. The Balaban J connectivity index is 0.000000166.